The molecule has 0 amide bonds. The Morgan fingerprint density at radius 3 is 1.81 bits per heavy atom. The number of halogens is 6. The predicted molar refractivity (Wildman–Crippen MR) is 137 cm³/mol. The van der Waals surface area contributed by atoms with Crippen LogP contribution in [0.15, 0.2) is 51.4 Å². The van der Waals surface area contributed by atoms with Gasteiger partial charge in [-0.15, -0.1) is 0 Å². The zero-order valence-corrected chi connectivity index (χ0v) is 23.2. The molecule has 6 heteroatoms. The fourth-order valence-electron chi connectivity index (χ4n) is 3.52. The number of benzene rings is 2. The van der Waals surface area contributed by atoms with E-state index in [9.17, 15) is 8.78 Å². The topological polar surface area (TPSA) is 0 Å². The maximum atomic E-state index is 13.9. The second-order valence-electron chi connectivity index (χ2n) is 10.0. The summed E-state index contributed by atoms with van der Waals surface area (Å²) in [5.74, 6) is -4.02. The van der Waals surface area contributed by atoms with Crippen LogP contribution in [0.2, 0.25) is 10.0 Å². The van der Waals surface area contributed by atoms with Crippen molar-refractivity contribution in [2.45, 2.75) is 53.4 Å². The van der Waals surface area contributed by atoms with Crippen molar-refractivity contribution >= 4 is 61.1 Å². The van der Waals surface area contributed by atoms with Gasteiger partial charge >= 0.3 is 0 Å². The largest absolute Gasteiger partial charge is 0.259 e. The van der Waals surface area contributed by atoms with Gasteiger partial charge in [0.05, 0.1) is 5.92 Å². The zero-order chi connectivity index (χ0) is 23.8. The van der Waals surface area contributed by atoms with E-state index < -0.39 is 23.2 Å². The first-order valence-electron chi connectivity index (χ1n) is 10.0. The molecule has 0 spiro atoms. The molecule has 2 aromatic carbocycles. The number of allylic oxidation sites excluding steroid dienone is 1. The fraction of sp³-hybridized carbons (Fsp3) is 0.440. The van der Waals surface area contributed by atoms with Crippen LogP contribution in [0.3, 0.4) is 0 Å². The third kappa shape index (κ3) is 7.28. The van der Waals surface area contributed by atoms with Crippen molar-refractivity contribution in [1.29, 1.82) is 0 Å². The Balaban J connectivity index is 0.000000225. The summed E-state index contributed by atoms with van der Waals surface area (Å²) in [5.41, 5.74) is 1.39. The molecule has 31 heavy (non-hydrogen) atoms. The van der Waals surface area contributed by atoms with Crippen LogP contribution < -0.4 is 0 Å². The molecule has 1 saturated carbocycles. The van der Waals surface area contributed by atoms with Crippen LogP contribution in [0.1, 0.15) is 58.6 Å². The van der Waals surface area contributed by atoms with Crippen LogP contribution in [-0.4, -0.2) is 5.92 Å². The lowest BCUT2D eigenvalue weighted by atomic mass is 9.87. The monoisotopic (exact) mass is 594 g/mol. The van der Waals surface area contributed by atoms with Crippen molar-refractivity contribution in [3.05, 3.63) is 72.6 Å². The van der Waals surface area contributed by atoms with Crippen LogP contribution in [0.4, 0.5) is 8.78 Å². The van der Waals surface area contributed by atoms with Crippen molar-refractivity contribution < 1.29 is 8.78 Å². The van der Waals surface area contributed by atoms with E-state index >= 15 is 0 Å². The van der Waals surface area contributed by atoms with Crippen molar-refractivity contribution in [3.63, 3.8) is 0 Å². The molecule has 0 bridgehead atoms. The molecule has 1 aliphatic carbocycles. The van der Waals surface area contributed by atoms with Gasteiger partial charge in [-0.2, -0.15) is 0 Å². The lowest BCUT2D eigenvalue weighted by Gasteiger charge is -2.17. The van der Waals surface area contributed by atoms with Gasteiger partial charge in [-0.3, -0.25) is 0 Å². The molecule has 0 radical (unpaired) electrons. The van der Waals surface area contributed by atoms with Crippen molar-refractivity contribution in [2.75, 3.05) is 0 Å². The van der Waals surface area contributed by atoms with Crippen LogP contribution in [0.5, 0.6) is 0 Å². The van der Waals surface area contributed by atoms with Crippen LogP contribution in [-0.2, 0) is 0 Å². The lowest BCUT2D eigenvalue weighted by Crippen LogP contribution is -2.13. The Morgan fingerprint density at radius 1 is 0.871 bits per heavy atom. The highest BCUT2D eigenvalue weighted by Gasteiger charge is 2.72. The summed E-state index contributed by atoms with van der Waals surface area (Å²) < 4.78 is 29.5. The molecule has 1 aliphatic rings. The van der Waals surface area contributed by atoms with Gasteiger partial charge in [0.15, 0.2) is 0 Å². The standard InChI is InChI=1S/C13H14BrClF2.C12H14BrCl/c1-12(2,3)11-10(13(11,16)17)8-5-4-7(14)6-9(8)15;1-12(2,3)7-6-9-4-5-10(13)8-11(9)14/h4-6,10-11H,1-3H3;4-8H,1-3H3/b;7-6+. The average molecular weight is 597 g/mol. The van der Waals surface area contributed by atoms with Crippen molar-refractivity contribution in [1.82, 2.24) is 0 Å². The Labute approximate surface area is 211 Å². The average Bonchev–Trinajstić information content (AvgIpc) is 3.16. The lowest BCUT2D eigenvalue weighted by molar-refractivity contribution is 0.0682. The highest BCUT2D eigenvalue weighted by atomic mass is 79.9. The normalized spacial score (nSPS) is 20.4. The van der Waals surface area contributed by atoms with Gasteiger partial charge in [-0.25, -0.2) is 8.78 Å². The van der Waals surface area contributed by atoms with Gasteiger partial charge in [0, 0.05) is 24.9 Å². The molecule has 1 fully saturated rings. The van der Waals surface area contributed by atoms with Crippen LogP contribution in [0, 0.1) is 16.7 Å². The van der Waals surface area contributed by atoms with Crippen molar-refractivity contribution in [3.8, 4) is 0 Å². The molecule has 0 aromatic heterocycles. The third-order valence-electron chi connectivity index (χ3n) is 5.01. The molecular weight excluding hydrogens is 569 g/mol. The van der Waals surface area contributed by atoms with E-state index in [1.165, 1.54) is 0 Å². The first-order chi connectivity index (χ1) is 14.0. The van der Waals surface area contributed by atoms with Gasteiger partial charge in [-0.05, 0) is 46.2 Å². The minimum atomic E-state index is -2.64. The van der Waals surface area contributed by atoms with E-state index in [-0.39, 0.29) is 5.41 Å². The van der Waals surface area contributed by atoms with Gasteiger partial charge < -0.3 is 0 Å². The summed E-state index contributed by atoms with van der Waals surface area (Å²) in [7, 11) is 0. The molecule has 2 unspecified atom stereocenters. The Morgan fingerprint density at radius 2 is 1.39 bits per heavy atom. The van der Waals surface area contributed by atoms with Gasteiger partial charge in [-0.1, -0.05) is 121 Å². The third-order valence-corrected chi connectivity index (χ3v) is 6.65. The number of alkyl halides is 2. The summed E-state index contributed by atoms with van der Waals surface area (Å²) in [6.07, 6.45) is 4.22. The Hall–Kier alpha value is -0.420. The molecule has 2 atom stereocenters. The zero-order valence-electron chi connectivity index (χ0n) is 18.5. The van der Waals surface area contributed by atoms with E-state index in [4.69, 9.17) is 23.2 Å². The first kappa shape index (κ1) is 26.8. The molecule has 0 nitrogen and oxygen atoms in total. The van der Waals surface area contributed by atoms with Gasteiger partial charge in [0.2, 0.25) is 0 Å². The summed E-state index contributed by atoms with van der Waals surface area (Å²) in [6.45, 7) is 12.0. The second-order valence-corrected chi connectivity index (χ2v) is 12.7. The Bertz CT molecular complexity index is 957. The summed E-state index contributed by atoms with van der Waals surface area (Å²) >= 11 is 18.8. The molecule has 3 rings (SSSR count). The maximum absolute atomic E-state index is 13.9. The molecule has 2 aromatic rings. The molecule has 0 aliphatic heterocycles. The fourth-order valence-corrected chi connectivity index (χ4v) is 5.05. The molecule has 0 saturated heterocycles. The maximum Gasteiger partial charge on any atom is 0.259 e. The summed E-state index contributed by atoms with van der Waals surface area (Å²) in [5, 5.41) is 1.19. The summed E-state index contributed by atoms with van der Waals surface area (Å²) in [4.78, 5) is 0. The molecular formula is C25H28Br2Cl2F2. The molecule has 170 valence electrons. The minimum Gasteiger partial charge on any atom is -0.206 e. The van der Waals surface area contributed by atoms with E-state index in [1.54, 1.807) is 18.2 Å². The van der Waals surface area contributed by atoms with Crippen LogP contribution >= 0.6 is 55.1 Å². The SMILES string of the molecule is CC(C)(C)/C=C/c1ccc(Br)cc1Cl.CC(C)(C)C1C(c2ccc(Br)cc2Cl)C1(F)F. The first-order valence-corrected chi connectivity index (χ1v) is 12.4. The quantitative estimate of drug-likeness (QED) is 0.323. The van der Waals surface area contributed by atoms with E-state index in [1.807, 2.05) is 39.0 Å². The highest BCUT2D eigenvalue weighted by Crippen LogP contribution is 2.68. The van der Waals surface area contributed by atoms with E-state index in [2.05, 4.69) is 64.8 Å². The minimum absolute atomic E-state index is 0.191. The van der Waals surface area contributed by atoms with E-state index in [0.29, 0.717) is 10.6 Å². The number of hydrogen-bond acceptors (Lipinski definition) is 0. The number of hydrogen-bond donors (Lipinski definition) is 0. The van der Waals surface area contributed by atoms with Gasteiger partial charge in [0.25, 0.3) is 5.92 Å². The van der Waals surface area contributed by atoms with Crippen LogP contribution in [0.25, 0.3) is 6.08 Å². The molecule has 0 heterocycles. The van der Waals surface area contributed by atoms with E-state index in [0.717, 1.165) is 19.5 Å². The predicted octanol–water partition coefficient (Wildman–Crippen LogP) is 10.7. The smallest absolute Gasteiger partial charge is 0.206 e. The Kier molecular flexibility index (Phi) is 8.51. The summed E-state index contributed by atoms with van der Waals surface area (Å²) in [6, 6.07) is 11.0. The number of rotatable bonds is 2. The van der Waals surface area contributed by atoms with Crippen molar-refractivity contribution in [2.24, 2.45) is 16.7 Å². The van der Waals surface area contributed by atoms with Gasteiger partial charge in [0.1, 0.15) is 0 Å². The second kappa shape index (κ2) is 9.83. The highest BCUT2D eigenvalue weighted by molar-refractivity contribution is 9.10. The molecule has 0 N–H and O–H groups in total.